The molecular weight excluding hydrogens is 202 g/mol. The van der Waals surface area contributed by atoms with Crippen molar-refractivity contribution in [2.45, 2.75) is 51.2 Å². The Kier molecular flexibility index (Phi) is 2.36. The van der Waals surface area contributed by atoms with E-state index < -0.39 is 0 Å². The number of hydrogen-bond acceptors (Lipinski definition) is 2. The molecule has 86 valence electrons. The van der Waals surface area contributed by atoms with E-state index in [9.17, 15) is 9.90 Å². The molecule has 0 bridgehead atoms. The highest BCUT2D eigenvalue weighted by Crippen LogP contribution is 2.36. The zero-order chi connectivity index (χ0) is 11.1. The smallest absolute Gasteiger partial charge is 0.256 e. The minimum Gasteiger partial charge on any atom is -0.391 e. The maximum atomic E-state index is 12.2. The Labute approximate surface area is 94.7 Å². The second-order valence-corrected chi connectivity index (χ2v) is 4.91. The lowest BCUT2D eigenvalue weighted by Gasteiger charge is -2.22. The third-order valence-corrected chi connectivity index (χ3v) is 3.70. The molecule has 1 heterocycles. The Hall–Kier alpha value is -1.09. The molecule has 3 nitrogen and oxygen atoms in total. The van der Waals surface area contributed by atoms with Gasteiger partial charge in [0.1, 0.15) is 0 Å². The first kappa shape index (κ1) is 10.1. The van der Waals surface area contributed by atoms with Crippen molar-refractivity contribution in [3.05, 3.63) is 33.2 Å². The summed E-state index contributed by atoms with van der Waals surface area (Å²) in [6.45, 7) is -0.126. The number of hydrogen-bond donors (Lipinski definition) is 1. The molecule has 0 aromatic carbocycles. The van der Waals surface area contributed by atoms with Gasteiger partial charge in [0, 0.05) is 17.3 Å². The van der Waals surface area contributed by atoms with Gasteiger partial charge in [0.2, 0.25) is 0 Å². The highest BCUT2D eigenvalue weighted by molar-refractivity contribution is 5.29. The minimum absolute atomic E-state index is 0.0469. The molecule has 3 heteroatoms. The molecule has 2 aliphatic carbocycles. The van der Waals surface area contributed by atoms with E-state index in [0.29, 0.717) is 11.6 Å². The summed E-state index contributed by atoms with van der Waals surface area (Å²) < 4.78 is 1.97. The Morgan fingerprint density at radius 2 is 2.06 bits per heavy atom. The highest BCUT2D eigenvalue weighted by atomic mass is 16.3. The Balaban J connectivity index is 2.21. The van der Waals surface area contributed by atoms with Crippen molar-refractivity contribution in [2.75, 3.05) is 0 Å². The van der Waals surface area contributed by atoms with Crippen molar-refractivity contribution in [1.29, 1.82) is 0 Å². The van der Waals surface area contributed by atoms with Gasteiger partial charge in [0.05, 0.1) is 6.61 Å². The average Bonchev–Trinajstić information content (AvgIpc) is 3.12. The Bertz CT molecular complexity index is 472. The van der Waals surface area contributed by atoms with E-state index in [0.717, 1.165) is 25.7 Å². The van der Waals surface area contributed by atoms with E-state index in [1.54, 1.807) is 0 Å². The van der Waals surface area contributed by atoms with Crippen LogP contribution in [-0.4, -0.2) is 9.67 Å². The summed E-state index contributed by atoms with van der Waals surface area (Å²) >= 11 is 0. The van der Waals surface area contributed by atoms with Crippen LogP contribution < -0.4 is 5.56 Å². The van der Waals surface area contributed by atoms with Gasteiger partial charge in [-0.25, -0.2) is 0 Å². The molecule has 2 aliphatic rings. The quantitative estimate of drug-likeness (QED) is 0.820. The number of aryl methyl sites for hydroxylation is 1. The molecule has 0 aliphatic heterocycles. The molecule has 0 unspecified atom stereocenters. The van der Waals surface area contributed by atoms with Gasteiger partial charge in [0.15, 0.2) is 0 Å². The fraction of sp³-hybridized carbons (Fsp3) is 0.615. The number of aliphatic hydroxyl groups is 1. The van der Waals surface area contributed by atoms with Crippen LogP contribution in [0, 0.1) is 0 Å². The lowest BCUT2D eigenvalue weighted by Crippen LogP contribution is -2.29. The molecule has 0 spiro atoms. The van der Waals surface area contributed by atoms with Crippen molar-refractivity contribution < 1.29 is 5.11 Å². The first-order valence-corrected chi connectivity index (χ1v) is 6.18. The summed E-state index contributed by atoms with van der Waals surface area (Å²) in [6, 6.07) is 2.35. The van der Waals surface area contributed by atoms with Crippen molar-refractivity contribution >= 4 is 0 Å². The summed E-state index contributed by atoms with van der Waals surface area (Å²) in [7, 11) is 0. The van der Waals surface area contributed by atoms with Crippen LogP contribution in [0.2, 0.25) is 0 Å². The molecule has 3 rings (SSSR count). The Morgan fingerprint density at radius 1 is 1.31 bits per heavy atom. The molecule has 1 aromatic heterocycles. The van der Waals surface area contributed by atoms with Crippen molar-refractivity contribution in [2.24, 2.45) is 0 Å². The van der Waals surface area contributed by atoms with Gasteiger partial charge in [-0.2, -0.15) is 0 Å². The van der Waals surface area contributed by atoms with Crippen LogP contribution in [-0.2, 0) is 19.4 Å². The fourth-order valence-corrected chi connectivity index (χ4v) is 2.72. The normalized spacial score (nSPS) is 19.6. The van der Waals surface area contributed by atoms with Gasteiger partial charge in [-0.05, 0) is 50.2 Å². The maximum Gasteiger partial charge on any atom is 0.256 e. The van der Waals surface area contributed by atoms with E-state index in [2.05, 4.69) is 0 Å². The largest absolute Gasteiger partial charge is 0.391 e. The van der Waals surface area contributed by atoms with E-state index in [4.69, 9.17) is 0 Å². The maximum absolute atomic E-state index is 12.2. The summed E-state index contributed by atoms with van der Waals surface area (Å²) in [6.07, 6.45) is 6.75. The summed E-state index contributed by atoms with van der Waals surface area (Å²) in [4.78, 5) is 12.2. The molecule has 1 fully saturated rings. The van der Waals surface area contributed by atoms with Gasteiger partial charge < -0.3 is 9.67 Å². The van der Waals surface area contributed by atoms with E-state index >= 15 is 0 Å². The Morgan fingerprint density at radius 3 is 2.75 bits per heavy atom. The van der Waals surface area contributed by atoms with E-state index in [1.807, 2.05) is 10.6 Å². The van der Waals surface area contributed by atoms with Gasteiger partial charge in [-0.15, -0.1) is 0 Å². The fourth-order valence-electron chi connectivity index (χ4n) is 2.72. The highest BCUT2D eigenvalue weighted by Gasteiger charge is 2.29. The van der Waals surface area contributed by atoms with Crippen molar-refractivity contribution in [3.63, 3.8) is 0 Å². The number of rotatable bonds is 2. The molecule has 1 N–H and O–H groups in total. The molecule has 1 saturated carbocycles. The van der Waals surface area contributed by atoms with E-state index in [1.165, 1.54) is 24.1 Å². The third kappa shape index (κ3) is 1.50. The zero-order valence-electron chi connectivity index (χ0n) is 9.41. The second-order valence-electron chi connectivity index (χ2n) is 4.91. The second kappa shape index (κ2) is 3.74. The molecule has 0 amide bonds. The zero-order valence-corrected chi connectivity index (χ0v) is 9.41. The minimum atomic E-state index is -0.126. The van der Waals surface area contributed by atoms with Gasteiger partial charge in [-0.3, -0.25) is 4.79 Å². The predicted octanol–water partition coefficient (Wildman–Crippen LogP) is 1.55. The van der Waals surface area contributed by atoms with Crippen molar-refractivity contribution in [3.8, 4) is 0 Å². The van der Waals surface area contributed by atoms with E-state index in [-0.39, 0.29) is 12.2 Å². The average molecular weight is 219 g/mol. The summed E-state index contributed by atoms with van der Waals surface area (Å²) in [5, 5.41) is 9.23. The number of nitrogens with zero attached hydrogens (tertiary/aromatic N) is 1. The number of aromatic nitrogens is 1. The van der Waals surface area contributed by atoms with Crippen LogP contribution in [0.1, 0.15) is 48.5 Å². The number of fused-ring (bicyclic) bond motifs is 1. The van der Waals surface area contributed by atoms with Gasteiger partial charge >= 0.3 is 0 Å². The molecule has 0 radical (unpaired) electrons. The number of pyridine rings is 1. The molecule has 1 aromatic rings. The van der Waals surface area contributed by atoms with Crippen LogP contribution in [0.4, 0.5) is 0 Å². The first-order valence-electron chi connectivity index (χ1n) is 6.18. The van der Waals surface area contributed by atoms with Crippen LogP contribution in [0.5, 0.6) is 0 Å². The lowest BCUT2D eigenvalue weighted by atomic mass is 9.94. The standard InChI is InChI=1S/C13H17NO2/c15-8-10-7-9-3-1-2-4-12(9)14(13(10)16)11-5-6-11/h7,11,15H,1-6,8H2. The predicted molar refractivity (Wildman–Crippen MR) is 61.5 cm³/mol. The lowest BCUT2D eigenvalue weighted by molar-refractivity contribution is 0.278. The summed E-state index contributed by atoms with van der Waals surface area (Å²) in [5.41, 5.74) is 3.16. The van der Waals surface area contributed by atoms with Gasteiger partial charge in [0.25, 0.3) is 5.56 Å². The third-order valence-electron chi connectivity index (χ3n) is 3.70. The van der Waals surface area contributed by atoms with Crippen molar-refractivity contribution in [1.82, 2.24) is 4.57 Å². The summed E-state index contributed by atoms with van der Waals surface area (Å²) in [5.74, 6) is 0. The SMILES string of the molecule is O=c1c(CO)cc2c(n1C1CC1)CCCC2. The number of aliphatic hydroxyl groups excluding tert-OH is 1. The van der Waals surface area contributed by atoms with Crippen LogP contribution >= 0.6 is 0 Å². The topological polar surface area (TPSA) is 42.2 Å². The first-order chi connectivity index (χ1) is 7.81. The molecule has 0 saturated heterocycles. The molecule has 0 atom stereocenters. The van der Waals surface area contributed by atoms with Gasteiger partial charge in [-0.1, -0.05) is 0 Å². The van der Waals surface area contributed by atoms with Crippen LogP contribution in [0.15, 0.2) is 10.9 Å². The monoisotopic (exact) mass is 219 g/mol. The van der Waals surface area contributed by atoms with Crippen LogP contribution in [0.3, 0.4) is 0 Å². The molecule has 16 heavy (non-hydrogen) atoms. The van der Waals surface area contributed by atoms with Crippen LogP contribution in [0.25, 0.3) is 0 Å². The molecular formula is C13H17NO2.